The second kappa shape index (κ2) is 9.93. The number of imide groups is 2. The molecule has 9 heteroatoms. The second-order valence-electron chi connectivity index (χ2n) is 12.3. The highest BCUT2D eigenvalue weighted by Crippen LogP contribution is 2.63. The van der Waals surface area contributed by atoms with Crippen LogP contribution >= 0.6 is 0 Å². The van der Waals surface area contributed by atoms with Crippen molar-refractivity contribution in [1.82, 2.24) is 4.90 Å². The molecule has 6 atom stereocenters. The molecular weight excluding hydrogens is 536 g/mol. The van der Waals surface area contributed by atoms with Gasteiger partial charge in [0, 0.05) is 18.9 Å². The van der Waals surface area contributed by atoms with E-state index in [0.717, 1.165) is 11.1 Å². The van der Waals surface area contributed by atoms with E-state index in [1.54, 1.807) is 38.1 Å². The first-order valence-corrected chi connectivity index (χ1v) is 14.5. The van der Waals surface area contributed by atoms with Gasteiger partial charge in [-0.1, -0.05) is 42.0 Å². The van der Waals surface area contributed by atoms with Gasteiger partial charge in [0.25, 0.3) is 0 Å². The number of hydrogen-bond acceptors (Lipinski definition) is 6. The van der Waals surface area contributed by atoms with Crippen molar-refractivity contribution in [3.63, 3.8) is 0 Å². The van der Waals surface area contributed by atoms with Gasteiger partial charge in [-0.05, 0) is 74.8 Å². The lowest BCUT2D eigenvalue weighted by atomic mass is 9.51. The van der Waals surface area contributed by atoms with E-state index in [1.807, 2.05) is 31.2 Å². The van der Waals surface area contributed by atoms with E-state index in [4.69, 9.17) is 5.11 Å². The average Bonchev–Trinajstić information content (AvgIpc) is 3.31. The summed E-state index contributed by atoms with van der Waals surface area (Å²) in [5.74, 6) is -5.04. The minimum atomic E-state index is -1.15. The Balaban J connectivity index is 1.47. The van der Waals surface area contributed by atoms with Crippen LogP contribution < -0.4 is 4.90 Å². The molecule has 218 valence electrons. The van der Waals surface area contributed by atoms with Gasteiger partial charge in [-0.25, -0.2) is 4.90 Å². The third kappa shape index (κ3) is 3.93. The van der Waals surface area contributed by atoms with Gasteiger partial charge in [0.1, 0.15) is 5.75 Å². The minimum Gasteiger partial charge on any atom is -0.507 e. The van der Waals surface area contributed by atoms with Crippen LogP contribution in [0.15, 0.2) is 54.1 Å². The van der Waals surface area contributed by atoms with Gasteiger partial charge in [-0.2, -0.15) is 0 Å². The molecule has 2 saturated heterocycles. The number of amides is 4. The van der Waals surface area contributed by atoms with Crippen LogP contribution in [0.4, 0.5) is 5.69 Å². The zero-order chi connectivity index (χ0) is 30.1. The van der Waals surface area contributed by atoms with E-state index in [2.05, 4.69) is 0 Å². The number of carboxylic acid groups (broad SMARTS) is 1. The minimum absolute atomic E-state index is 0.0408. The summed E-state index contributed by atoms with van der Waals surface area (Å²) in [6.07, 6.45) is 2.60. The van der Waals surface area contributed by atoms with Gasteiger partial charge in [-0.3, -0.25) is 28.9 Å². The van der Waals surface area contributed by atoms with E-state index in [0.29, 0.717) is 23.2 Å². The maximum atomic E-state index is 14.4. The number of allylic oxidation sites excluding steroid dienone is 2. The number of nitrogens with zero attached hydrogens (tertiary/aromatic N) is 2. The normalized spacial score (nSPS) is 30.3. The summed E-state index contributed by atoms with van der Waals surface area (Å²) in [5.41, 5.74) is 2.31. The maximum Gasteiger partial charge on any atom is 0.303 e. The van der Waals surface area contributed by atoms with E-state index in [9.17, 15) is 29.1 Å². The number of carbonyl (C=O) groups is 5. The fourth-order valence-corrected chi connectivity index (χ4v) is 8.05. The fraction of sp³-hybridized carbons (Fsp3) is 0.424. The zero-order valence-corrected chi connectivity index (χ0v) is 23.9. The highest BCUT2D eigenvalue weighted by molar-refractivity contribution is 6.24. The summed E-state index contributed by atoms with van der Waals surface area (Å²) in [6.45, 7) is 5.47. The number of fused-ring (bicyclic) bond motifs is 4. The molecule has 4 amide bonds. The quantitative estimate of drug-likeness (QED) is 0.395. The Morgan fingerprint density at radius 3 is 2.29 bits per heavy atom. The van der Waals surface area contributed by atoms with Crippen LogP contribution in [0.2, 0.25) is 0 Å². The van der Waals surface area contributed by atoms with Crippen LogP contribution in [-0.4, -0.2) is 51.3 Å². The molecule has 0 bridgehead atoms. The standard InChI is InChI=1S/C33H34N2O7/c1-17-14-19(15-18(2)28(17)38)27-21-11-12-22-26(31(41)34(29(22)39)13-7-10-25(36)37)23(21)16-24-30(40)35(32(42)33(24,27)3)20-8-5-4-6-9-20/h4-6,8-9,11,14-15,22-24,26-27,38H,7,10,12-13,16H2,1-3H3,(H,36,37)/t22-,23+,24-,26-,27-,33+/m0/s1. The number of anilines is 1. The molecule has 2 heterocycles. The Labute approximate surface area is 243 Å². The molecule has 3 fully saturated rings. The van der Waals surface area contributed by atoms with E-state index in [1.165, 1.54) is 9.80 Å². The van der Waals surface area contributed by atoms with Crippen LogP contribution in [-0.2, 0) is 24.0 Å². The Kier molecular flexibility index (Phi) is 6.59. The summed E-state index contributed by atoms with van der Waals surface area (Å²) in [6, 6.07) is 12.5. The van der Waals surface area contributed by atoms with Crippen molar-refractivity contribution in [2.24, 2.45) is 29.1 Å². The van der Waals surface area contributed by atoms with E-state index < -0.39 is 41.0 Å². The number of para-hydroxylation sites is 1. The summed E-state index contributed by atoms with van der Waals surface area (Å²) in [4.78, 5) is 69.3. The molecule has 2 N–H and O–H groups in total. The van der Waals surface area contributed by atoms with Crippen LogP contribution in [0, 0.1) is 42.9 Å². The molecule has 0 spiro atoms. The molecule has 0 radical (unpaired) electrons. The summed E-state index contributed by atoms with van der Waals surface area (Å²) in [7, 11) is 0. The van der Waals surface area contributed by atoms with Gasteiger partial charge in [-0.15, -0.1) is 0 Å². The van der Waals surface area contributed by atoms with Crippen molar-refractivity contribution in [3.8, 4) is 5.75 Å². The molecule has 1 saturated carbocycles. The van der Waals surface area contributed by atoms with Crippen molar-refractivity contribution >= 4 is 35.3 Å². The Hall–Kier alpha value is -4.27. The third-order valence-electron chi connectivity index (χ3n) is 10.00. The molecule has 42 heavy (non-hydrogen) atoms. The number of carbonyl (C=O) groups excluding carboxylic acids is 4. The molecule has 2 aliphatic heterocycles. The SMILES string of the molecule is Cc1cc([C@H]2C3=CC[C@@H]4C(=O)N(CCCC(=O)O)C(=O)[C@@H]4[C@@H]3C[C@H]3C(=O)N(c4ccccc4)C(=O)[C@@]23C)cc(C)c1O. The van der Waals surface area contributed by atoms with Crippen molar-refractivity contribution in [2.75, 3.05) is 11.4 Å². The summed E-state index contributed by atoms with van der Waals surface area (Å²) < 4.78 is 0. The predicted molar refractivity (Wildman–Crippen MR) is 152 cm³/mol. The van der Waals surface area contributed by atoms with Crippen LogP contribution in [0.5, 0.6) is 5.75 Å². The number of rotatable bonds is 6. The lowest BCUT2D eigenvalue weighted by Gasteiger charge is -2.49. The number of benzene rings is 2. The summed E-state index contributed by atoms with van der Waals surface area (Å²) >= 11 is 0. The number of aromatic hydroxyl groups is 1. The lowest BCUT2D eigenvalue weighted by Crippen LogP contribution is -2.49. The molecule has 0 unspecified atom stereocenters. The van der Waals surface area contributed by atoms with Crippen molar-refractivity contribution in [1.29, 1.82) is 0 Å². The zero-order valence-electron chi connectivity index (χ0n) is 23.9. The molecule has 2 aliphatic carbocycles. The molecule has 2 aromatic carbocycles. The van der Waals surface area contributed by atoms with Gasteiger partial charge in [0.15, 0.2) is 0 Å². The smallest absolute Gasteiger partial charge is 0.303 e. The number of aryl methyl sites for hydroxylation is 2. The van der Waals surface area contributed by atoms with E-state index in [-0.39, 0.29) is 55.2 Å². The largest absolute Gasteiger partial charge is 0.507 e. The third-order valence-corrected chi connectivity index (χ3v) is 10.00. The van der Waals surface area contributed by atoms with Crippen molar-refractivity contribution in [2.45, 2.75) is 52.4 Å². The first-order valence-electron chi connectivity index (χ1n) is 14.5. The average molecular weight is 571 g/mol. The Morgan fingerprint density at radius 2 is 1.64 bits per heavy atom. The van der Waals surface area contributed by atoms with Crippen molar-refractivity contribution in [3.05, 3.63) is 70.8 Å². The van der Waals surface area contributed by atoms with Gasteiger partial charge in [0.2, 0.25) is 23.6 Å². The number of hydrogen-bond donors (Lipinski definition) is 2. The first kappa shape index (κ1) is 27.9. The van der Waals surface area contributed by atoms with Crippen LogP contribution in [0.25, 0.3) is 0 Å². The number of phenolic OH excluding ortho intramolecular Hbond substituents is 1. The lowest BCUT2D eigenvalue weighted by molar-refractivity contribution is -0.142. The number of carboxylic acids is 1. The number of aliphatic carboxylic acids is 1. The van der Waals surface area contributed by atoms with E-state index >= 15 is 0 Å². The highest BCUT2D eigenvalue weighted by Gasteiger charge is 2.67. The highest BCUT2D eigenvalue weighted by atomic mass is 16.4. The second-order valence-corrected chi connectivity index (χ2v) is 12.3. The molecule has 2 aromatic rings. The molecular formula is C33H34N2O7. The Morgan fingerprint density at radius 1 is 0.976 bits per heavy atom. The van der Waals surface area contributed by atoms with Gasteiger partial charge < -0.3 is 10.2 Å². The molecule has 9 nitrogen and oxygen atoms in total. The molecule has 6 rings (SSSR count). The monoisotopic (exact) mass is 570 g/mol. The van der Waals surface area contributed by atoms with Gasteiger partial charge in [0.05, 0.1) is 28.9 Å². The number of likely N-dealkylation sites (tertiary alicyclic amines) is 1. The first-order chi connectivity index (χ1) is 20.0. The van der Waals surface area contributed by atoms with Crippen LogP contribution in [0.3, 0.4) is 0 Å². The van der Waals surface area contributed by atoms with Gasteiger partial charge >= 0.3 is 5.97 Å². The molecule has 4 aliphatic rings. The number of phenols is 1. The van der Waals surface area contributed by atoms with Crippen molar-refractivity contribution < 1.29 is 34.2 Å². The fourth-order valence-electron chi connectivity index (χ4n) is 8.05. The topological polar surface area (TPSA) is 132 Å². The Bertz CT molecular complexity index is 1540. The maximum absolute atomic E-state index is 14.4. The molecule has 0 aromatic heterocycles. The van der Waals surface area contributed by atoms with Crippen LogP contribution in [0.1, 0.15) is 55.2 Å². The summed E-state index contributed by atoms with van der Waals surface area (Å²) in [5, 5.41) is 19.6. The predicted octanol–water partition coefficient (Wildman–Crippen LogP) is 4.10.